The van der Waals surface area contributed by atoms with E-state index in [9.17, 15) is 4.79 Å². The second-order valence-corrected chi connectivity index (χ2v) is 5.95. The van der Waals surface area contributed by atoms with E-state index in [0.29, 0.717) is 6.42 Å². The topological polar surface area (TPSA) is 47.8 Å². The largest absolute Gasteiger partial charge is 0.296 e. The first-order valence-electron chi connectivity index (χ1n) is 8.24. The van der Waals surface area contributed by atoms with Crippen LogP contribution in [0.4, 0.5) is 0 Å². The normalized spacial score (nSPS) is 12.2. The molecule has 4 rings (SSSR count). The van der Waals surface area contributed by atoms with Crippen molar-refractivity contribution < 1.29 is 4.79 Å². The van der Waals surface area contributed by atoms with E-state index in [1.807, 2.05) is 84.9 Å². The zero-order valence-corrected chi connectivity index (χ0v) is 13.6. The minimum atomic E-state index is -0.534. The molecule has 0 aliphatic heterocycles. The Kier molecular flexibility index (Phi) is 4.09. The molecule has 4 heteroatoms. The fourth-order valence-electron chi connectivity index (χ4n) is 2.97. The predicted octanol–water partition coefficient (Wildman–Crippen LogP) is 3.83. The number of nitrogens with zero attached hydrogens (tertiary/aromatic N) is 3. The molecule has 0 spiro atoms. The SMILES string of the molecule is O=C(Cc1ccccc1)C(c1ccccc1)n1nc2ccccc2n1. The molecule has 1 atom stereocenters. The fraction of sp³-hybridized carbons (Fsp3) is 0.0952. The minimum absolute atomic E-state index is 0.0673. The van der Waals surface area contributed by atoms with Crippen LogP contribution >= 0.6 is 0 Å². The molecule has 0 radical (unpaired) electrons. The van der Waals surface area contributed by atoms with Crippen molar-refractivity contribution in [2.24, 2.45) is 0 Å². The van der Waals surface area contributed by atoms with Gasteiger partial charge in [-0.2, -0.15) is 15.0 Å². The standard InChI is InChI=1S/C21H17N3O/c25-20(15-16-9-3-1-4-10-16)21(17-11-5-2-6-12-17)24-22-18-13-7-8-14-19(18)23-24/h1-14,21H,15H2. The van der Waals surface area contributed by atoms with Gasteiger partial charge in [0.25, 0.3) is 0 Å². The third kappa shape index (κ3) is 3.19. The molecule has 0 fully saturated rings. The summed E-state index contributed by atoms with van der Waals surface area (Å²) in [5.74, 6) is 0.0673. The number of fused-ring (bicyclic) bond motifs is 1. The molecule has 0 aliphatic rings. The molecule has 1 aromatic heterocycles. The maximum atomic E-state index is 13.1. The lowest BCUT2D eigenvalue weighted by Gasteiger charge is -2.15. The van der Waals surface area contributed by atoms with E-state index < -0.39 is 6.04 Å². The summed E-state index contributed by atoms with van der Waals surface area (Å²) in [6.45, 7) is 0. The number of carbonyl (C=O) groups is 1. The van der Waals surface area contributed by atoms with Crippen molar-refractivity contribution in [3.8, 4) is 0 Å². The van der Waals surface area contributed by atoms with Crippen LogP contribution in [0.5, 0.6) is 0 Å². The van der Waals surface area contributed by atoms with E-state index in [2.05, 4.69) is 10.2 Å². The summed E-state index contributed by atoms with van der Waals surface area (Å²) in [5.41, 5.74) is 3.46. The zero-order chi connectivity index (χ0) is 17.1. The minimum Gasteiger partial charge on any atom is -0.296 e. The van der Waals surface area contributed by atoms with Crippen LogP contribution in [0.15, 0.2) is 84.9 Å². The van der Waals surface area contributed by atoms with Crippen molar-refractivity contribution in [1.29, 1.82) is 0 Å². The average molecular weight is 327 g/mol. The summed E-state index contributed by atoms with van der Waals surface area (Å²) < 4.78 is 0. The number of hydrogen-bond acceptors (Lipinski definition) is 3. The van der Waals surface area contributed by atoms with Gasteiger partial charge in [0.1, 0.15) is 11.0 Å². The van der Waals surface area contributed by atoms with Gasteiger partial charge in [0, 0.05) is 6.42 Å². The molecule has 1 heterocycles. The summed E-state index contributed by atoms with van der Waals surface area (Å²) in [6.07, 6.45) is 0.346. The lowest BCUT2D eigenvalue weighted by molar-refractivity contribution is -0.121. The van der Waals surface area contributed by atoms with Crippen LogP contribution < -0.4 is 0 Å². The first-order valence-corrected chi connectivity index (χ1v) is 8.24. The van der Waals surface area contributed by atoms with Gasteiger partial charge in [-0.15, -0.1) is 0 Å². The number of rotatable bonds is 5. The van der Waals surface area contributed by atoms with Crippen LogP contribution in [-0.4, -0.2) is 20.8 Å². The van der Waals surface area contributed by atoms with Crippen molar-refractivity contribution in [3.63, 3.8) is 0 Å². The number of ketones is 1. The van der Waals surface area contributed by atoms with E-state index in [1.54, 1.807) is 4.80 Å². The molecule has 3 aromatic carbocycles. The molecule has 0 bridgehead atoms. The summed E-state index contributed by atoms with van der Waals surface area (Å²) in [5, 5.41) is 9.07. The molecule has 0 saturated heterocycles. The third-order valence-corrected chi connectivity index (χ3v) is 4.17. The van der Waals surface area contributed by atoms with Crippen LogP contribution in [0.1, 0.15) is 17.2 Å². The number of aromatic nitrogens is 3. The van der Waals surface area contributed by atoms with E-state index in [4.69, 9.17) is 0 Å². The van der Waals surface area contributed by atoms with E-state index >= 15 is 0 Å². The maximum absolute atomic E-state index is 13.1. The molecule has 25 heavy (non-hydrogen) atoms. The Balaban J connectivity index is 1.75. The highest BCUT2D eigenvalue weighted by Gasteiger charge is 2.25. The number of Topliss-reactive ketones (excluding diaryl/α,β-unsaturated/α-hetero) is 1. The molecular formula is C21H17N3O. The fourth-order valence-corrected chi connectivity index (χ4v) is 2.97. The number of carbonyl (C=O) groups excluding carboxylic acids is 1. The summed E-state index contributed by atoms with van der Waals surface area (Å²) in [7, 11) is 0. The van der Waals surface area contributed by atoms with Gasteiger partial charge in [-0.3, -0.25) is 4.79 Å². The third-order valence-electron chi connectivity index (χ3n) is 4.17. The lowest BCUT2D eigenvalue weighted by atomic mass is 9.98. The lowest BCUT2D eigenvalue weighted by Crippen LogP contribution is -2.24. The van der Waals surface area contributed by atoms with Crippen molar-refractivity contribution in [2.45, 2.75) is 12.5 Å². The van der Waals surface area contributed by atoms with Crippen LogP contribution in [0.2, 0.25) is 0 Å². The van der Waals surface area contributed by atoms with Gasteiger partial charge in [-0.1, -0.05) is 72.8 Å². The number of hydrogen-bond donors (Lipinski definition) is 0. The molecule has 4 aromatic rings. The summed E-state index contributed by atoms with van der Waals surface area (Å²) in [4.78, 5) is 14.6. The van der Waals surface area contributed by atoms with Crippen LogP contribution in [0.25, 0.3) is 11.0 Å². The van der Waals surface area contributed by atoms with Gasteiger partial charge in [0.15, 0.2) is 11.8 Å². The van der Waals surface area contributed by atoms with Gasteiger partial charge in [-0.05, 0) is 23.3 Å². The van der Waals surface area contributed by atoms with Gasteiger partial charge in [-0.25, -0.2) is 0 Å². The van der Waals surface area contributed by atoms with Crippen molar-refractivity contribution >= 4 is 16.8 Å². The quantitative estimate of drug-likeness (QED) is 0.560. The Morgan fingerprint density at radius 1 is 0.760 bits per heavy atom. The Bertz CT molecular complexity index is 960. The highest BCUT2D eigenvalue weighted by molar-refractivity contribution is 5.87. The van der Waals surface area contributed by atoms with Crippen molar-refractivity contribution in [3.05, 3.63) is 96.1 Å². The Morgan fingerprint density at radius 2 is 1.28 bits per heavy atom. The molecule has 0 N–H and O–H groups in total. The summed E-state index contributed by atoms with van der Waals surface area (Å²) >= 11 is 0. The second kappa shape index (κ2) is 6.69. The monoisotopic (exact) mass is 327 g/mol. The molecule has 0 amide bonds. The van der Waals surface area contributed by atoms with Gasteiger partial charge < -0.3 is 0 Å². The predicted molar refractivity (Wildman–Crippen MR) is 97.3 cm³/mol. The molecule has 1 unspecified atom stereocenters. The molecule has 4 nitrogen and oxygen atoms in total. The van der Waals surface area contributed by atoms with Crippen LogP contribution in [-0.2, 0) is 11.2 Å². The van der Waals surface area contributed by atoms with E-state index in [1.165, 1.54) is 0 Å². The Labute approximate surface area is 145 Å². The molecule has 0 aliphatic carbocycles. The first kappa shape index (κ1) is 15.3. The Hall–Kier alpha value is -3.27. The van der Waals surface area contributed by atoms with Gasteiger partial charge in [0.2, 0.25) is 0 Å². The maximum Gasteiger partial charge on any atom is 0.168 e. The number of benzene rings is 3. The summed E-state index contributed by atoms with van der Waals surface area (Å²) in [6, 6.07) is 26.6. The highest BCUT2D eigenvalue weighted by atomic mass is 16.1. The van der Waals surface area contributed by atoms with Crippen LogP contribution in [0, 0.1) is 0 Å². The Morgan fingerprint density at radius 3 is 1.88 bits per heavy atom. The van der Waals surface area contributed by atoms with Gasteiger partial charge in [0.05, 0.1) is 0 Å². The van der Waals surface area contributed by atoms with Gasteiger partial charge >= 0.3 is 0 Å². The average Bonchev–Trinajstić information content (AvgIpc) is 3.07. The zero-order valence-electron chi connectivity index (χ0n) is 13.6. The van der Waals surface area contributed by atoms with Crippen molar-refractivity contribution in [2.75, 3.05) is 0 Å². The van der Waals surface area contributed by atoms with Crippen molar-refractivity contribution in [1.82, 2.24) is 15.0 Å². The second-order valence-electron chi connectivity index (χ2n) is 5.95. The molecular weight excluding hydrogens is 310 g/mol. The molecule has 0 saturated carbocycles. The van der Waals surface area contributed by atoms with E-state index in [-0.39, 0.29) is 5.78 Å². The smallest absolute Gasteiger partial charge is 0.168 e. The highest BCUT2D eigenvalue weighted by Crippen LogP contribution is 2.21. The van der Waals surface area contributed by atoms with E-state index in [0.717, 1.165) is 22.2 Å². The molecule has 122 valence electrons. The van der Waals surface area contributed by atoms with Crippen LogP contribution in [0.3, 0.4) is 0 Å². The first-order chi connectivity index (χ1) is 12.3.